The van der Waals surface area contributed by atoms with Crippen molar-refractivity contribution in [1.82, 2.24) is 5.32 Å². The van der Waals surface area contributed by atoms with Gasteiger partial charge in [0.15, 0.2) is 0 Å². The summed E-state index contributed by atoms with van der Waals surface area (Å²) < 4.78 is 22.5. The average molecular weight is 186 g/mol. The van der Waals surface area contributed by atoms with Gasteiger partial charge >= 0.3 is 0 Å². The number of amidine groups is 1. The van der Waals surface area contributed by atoms with Crippen molar-refractivity contribution in [2.24, 2.45) is 4.99 Å². The van der Waals surface area contributed by atoms with Gasteiger partial charge in [-0.2, -0.15) is 0 Å². The maximum atomic E-state index is 11.3. The highest BCUT2D eigenvalue weighted by atomic mass is 32.2. The third-order valence-corrected chi connectivity index (χ3v) is 3.16. The van der Waals surface area contributed by atoms with Gasteiger partial charge in [0, 0.05) is 5.70 Å². The van der Waals surface area contributed by atoms with Gasteiger partial charge in [0.2, 0.25) is 15.0 Å². The summed E-state index contributed by atoms with van der Waals surface area (Å²) in [4.78, 5) is 4.06. The van der Waals surface area contributed by atoms with E-state index < -0.39 is 9.84 Å². The molecular formula is C7H10N2O2S. The lowest BCUT2D eigenvalue weighted by atomic mass is 10.6. The van der Waals surface area contributed by atoms with Gasteiger partial charge in [-0.05, 0) is 19.8 Å². The minimum absolute atomic E-state index is 0.127. The monoisotopic (exact) mass is 186 g/mol. The van der Waals surface area contributed by atoms with E-state index in [9.17, 15) is 8.42 Å². The van der Waals surface area contributed by atoms with Crippen LogP contribution in [0.3, 0.4) is 0 Å². The first kappa shape index (κ1) is 7.79. The number of aliphatic imine (C=N–C) groups is 1. The standard InChI is InChI=1S/C7H10N2O2S/c1-5-4-12(10,11)7(8-5)9-6-2-3-6/h4,6H,2-3H2,1H3,(H,8,9). The van der Waals surface area contributed by atoms with Crippen molar-refractivity contribution in [3.8, 4) is 0 Å². The highest BCUT2D eigenvalue weighted by Crippen LogP contribution is 2.25. The van der Waals surface area contributed by atoms with Crippen LogP contribution >= 0.6 is 0 Å². The Kier molecular flexibility index (Phi) is 1.51. The molecule has 0 aromatic rings. The molecule has 0 aromatic heterocycles. The Bertz CT molecular complexity index is 363. The van der Waals surface area contributed by atoms with Crippen LogP contribution in [0.5, 0.6) is 0 Å². The number of rotatable bonds is 1. The molecule has 0 radical (unpaired) electrons. The van der Waals surface area contributed by atoms with E-state index in [0.717, 1.165) is 12.8 Å². The molecule has 0 spiro atoms. The normalized spacial score (nSPS) is 30.1. The van der Waals surface area contributed by atoms with Crippen LogP contribution in [0.4, 0.5) is 0 Å². The van der Waals surface area contributed by atoms with Crippen LogP contribution in [0.1, 0.15) is 19.8 Å². The van der Waals surface area contributed by atoms with Gasteiger partial charge in [-0.3, -0.25) is 4.99 Å². The molecule has 1 N–H and O–H groups in total. The van der Waals surface area contributed by atoms with Crippen molar-refractivity contribution in [2.45, 2.75) is 25.8 Å². The van der Waals surface area contributed by atoms with E-state index in [2.05, 4.69) is 10.3 Å². The van der Waals surface area contributed by atoms with Gasteiger partial charge in [0.1, 0.15) is 0 Å². The van der Waals surface area contributed by atoms with E-state index in [4.69, 9.17) is 0 Å². The van der Waals surface area contributed by atoms with Gasteiger partial charge < -0.3 is 5.32 Å². The molecule has 0 aromatic carbocycles. The summed E-state index contributed by atoms with van der Waals surface area (Å²) in [6.07, 6.45) is 2.03. The maximum absolute atomic E-state index is 11.3. The lowest BCUT2D eigenvalue weighted by molar-refractivity contribution is 0.615. The SMILES string of the molecule is CC1=CS(=O)(=O)C(=NC2CC2)N1. The summed E-state index contributed by atoms with van der Waals surface area (Å²) >= 11 is 0. The van der Waals surface area contributed by atoms with Crippen molar-refractivity contribution in [2.75, 3.05) is 0 Å². The summed E-state index contributed by atoms with van der Waals surface area (Å²) in [5.41, 5.74) is 0.648. The Hall–Kier alpha value is -0.840. The number of nitrogens with zero attached hydrogens (tertiary/aromatic N) is 1. The van der Waals surface area contributed by atoms with E-state index in [1.165, 1.54) is 5.41 Å². The lowest BCUT2D eigenvalue weighted by Gasteiger charge is -1.97. The summed E-state index contributed by atoms with van der Waals surface area (Å²) in [6.45, 7) is 1.72. The first-order valence-corrected chi connectivity index (χ1v) is 5.41. The van der Waals surface area contributed by atoms with Crippen molar-refractivity contribution < 1.29 is 8.42 Å². The molecule has 0 saturated heterocycles. The second kappa shape index (κ2) is 2.32. The second-order valence-electron chi connectivity index (χ2n) is 3.14. The second-order valence-corrected chi connectivity index (χ2v) is 4.85. The smallest absolute Gasteiger partial charge is 0.234 e. The van der Waals surface area contributed by atoms with Crippen LogP contribution in [-0.2, 0) is 9.84 Å². The molecule has 1 aliphatic heterocycles. The van der Waals surface area contributed by atoms with E-state index >= 15 is 0 Å². The van der Waals surface area contributed by atoms with E-state index in [-0.39, 0.29) is 11.2 Å². The summed E-state index contributed by atoms with van der Waals surface area (Å²) in [5, 5.41) is 4.08. The Morgan fingerprint density at radius 2 is 2.25 bits per heavy atom. The Morgan fingerprint density at radius 1 is 1.58 bits per heavy atom. The molecule has 12 heavy (non-hydrogen) atoms. The third-order valence-electron chi connectivity index (χ3n) is 1.75. The molecule has 2 aliphatic rings. The zero-order valence-corrected chi connectivity index (χ0v) is 7.56. The number of nitrogens with one attached hydrogen (secondary N) is 1. The molecule has 1 fully saturated rings. The van der Waals surface area contributed by atoms with Crippen LogP contribution in [0.2, 0.25) is 0 Å². The molecule has 1 aliphatic carbocycles. The Balaban J connectivity index is 2.31. The summed E-state index contributed by atoms with van der Waals surface area (Å²) in [5.74, 6) is 0. The highest BCUT2D eigenvalue weighted by Gasteiger charge is 2.29. The van der Waals surface area contributed by atoms with Crippen LogP contribution in [-0.4, -0.2) is 19.6 Å². The molecule has 0 amide bonds. The molecule has 0 unspecified atom stereocenters. The predicted octanol–water partition coefficient (Wildman–Crippen LogP) is 0.384. The molecule has 2 rings (SSSR count). The van der Waals surface area contributed by atoms with Gasteiger partial charge in [-0.15, -0.1) is 0 Å². The molecule has 1 heterocycles. The molecule has 0 bridgehead atoms. The van der Waals surface area contributed by atoms with Crippen molar-refractivity contribution in [3.63, 3.8) is 0 Å². The Labute approximate surface area is 71.3 Å². The topological polar surface area (TPSA) is 58.5 Å². The first-order chi connectivity index (χ1) is 5.58. The predicted molar refractivity (Wildman–Crippen MR) is 46.3 cm³/mol. The summed E-state index contributed by atoms with van der Waals surface area (Å²) in [6, 6.07) is 0.238. The molecule has 5 heteroatoms. The largest absolute Gasteiger partial charge is 0.334 e. The molecule has 0 atom stereocenters. The highest BCUT2D eigenvalue weighted by molar-refractivity contribution is 8.09. The van der Waals surface area contributed by atoms with Crippen LogP contribution < -0.4 is 5.32 Å². The van der Waals surface area contributed by atoms with E-state index in [1.807, 2.05) is 0 Å². The van der Waals surface area contributed by atoms with Gasteiger partial charge in [-0.1, -0.05) is 0 Å². The number of allylic oxidation sites excluding steroid dienone is 1. The van der Waals surface area contributed by atoms with Crippen molar-refractivity contribution in [3.05, 3.63) is 11.1 Å². The lowest BCUT2D eigenvalue weighted by Crippen LogP contribution is -2.21. The fourth-order valence-electron chi connectivity index (χ4n) is 1.03. The minimum Gasteiger partial charge on any atom is -0.334 e. The maximum Gasteiger partial charge on any atom is 0.234 e. The molecule has 66 valence electrons. The van der Waals surface area contributed by atoms with Gasteiger partial charge in [0.25, 0.3) is 0 Å². The van der Waals surface area contributed by atoms with Crippen molar-refractivity contribution in [1.29, 1.82) is 0 Å². The van der Waals surface area contributed by atoms with Crippen LogP contribution in [0.25, 0.3) is 0 Å². The fraction of sp³-hybridized carbons (Fsp3) is 0.571. The zero-order valence-electron chi connectivity index (χ0n) is 6.74. The van der Waals surface area contributed by atoms with E-state index in [1.54, 1.807) is 6.92 Å². The summed E-state index contributed by atoms with van der Waals surface area (Å²) in [7, 11) is -3.21. The fourth-order valence-corrected chi connectivity index (χ4v) is 2.27. The number of sulfone groups is 1. The van der Waals surface area contributed by atoms with Crippen LogP contribution in [0.15, 0.2) is 16.1 Å². The average Bonchev–Trinajstić information content (AvgIpc) is 2.63. The first-order valence-electron chi connectivity index (χ1n) is 3.86. The van der Waals surface area contributed by atoms with E-state index in [0.29, 0.717) is 5.70 Å². The van der Waals surface area contributed by atoms with Crippen molar-refractivity contribution >= 4 is 15.0 Å². The number of hydrogen-bond acceptors (Lipinski definition) is 3. The quantitative estimate of drug-likeness (QED) is 0.644. The van der Waals surface area contributed by atoms with Gasteiger partial charge in [-0.25, -0.2) is 8.42 Å². The molecule has 4 nitrogen and oxygen atoms in total. The Morgan fingerprint density at radius 3 is 2.67 bits per heavy atom. The minimum atomic E-state index is -3.21. The molecular weight excluding hydrogens is 176 g/mol. The van der Waals surface area contributed by atoms with Gasteiger partial charge in [0.05, 0.1) is 11.4 Å². The van der Waals surface area contributed by atoms with Crippen LogP contribution in [0, 0.1) is 0 Å². The molecule has 1 saturated carbocycles. The third kappa shape index (κ3) is 1.36. The zero-order chi connectivity index (χ0) is 8.77. The number of hydrogen-bond donors (Lipinski definition) is 1.